The predicted molar refractivity (Wildman–Crippen MR) is 123 cm³/mol. The Morgan fingerprint density at radius 3 is 2.22 bits per heavy atom. The van der Waals surface area contributed by atoms with Crippen LogP contribution in [-0.2, 0) is 14.4 Å². The summed E-state index contributed by atoms with van der Waals surface area (Å²) < 4.78 is 0. The molecule has 32 heavy (non-hydrogen) atoms. The SMILES string of the molecule is N#CCCN(C(=O)CCC(=O)N1CCC(C(=O)Nc2ccccc2)CC1)c1ccccc1. The Balaban J connectivity index is 1.46. The third-order valence-corrected chi connectivity index (χ3v) is 5.63. The lowest BCUT2D eigenvalue weighted by Gasteiger charge is -2.31. The molecule has 2 aromatic rings. The van der Waals surface area contributed by atoms with Crippen molar-refractivity contribution in [3.05, 3.63) is 60.7 Å². The van der Waals surface area contributed by atoms with Gasteiger partial charge in [-0.2, -0.15) is 5.26 Å². The van der Waals surface area contributed by atoms with Crippen molar-refractivity contribution in [2.75, 3.05) is 29.9 Å². The van der Waals surface area contributed by atoms with E-state index in [9.17, 15) is 14.4 Å². The number of benzene rings is 2. The van der Waals surface area contributed by atoms with Crippen LogP contribution >= 0.6 is 0 Å². The summed E-state index contributed by atoms with van der Waals surface area (Å²) in [4.78, 5) is 41.2. The van der Waals surface area contributed by atoms with Gasteiger partial charge in [0.1, 0.15) is 0 Å². The van der Waals surface area contributed by atoms with E-state index in [4.69, 9.17) is 5.26 Å². The molecule has 2 aromatic carbocycles. The molecule has 1 aliphatic rings. The van der Waals surface area contributed by atoms with Gasteiger partial charge >= 0.3 is 0 Å². The second-order valence-electron chi connectivity index (χ2n) is 7.80. The highest BCUT2D eigenvalue weighted by molar-refractivity contribution is 5.95. The lowest BCUT2D eigenvalue weighted by molar-refractivity contribution is -0.135. The maximum Gasteiger partial charge on any atom is 0.227 e. The Morgan fingerprint density at radius 2 is 1.59 bits per heavy atom. The number of para-hydroxylation sites is 2. The summed E-state index contributed by atoms with van der Waals surface area (Å²) in [5.74, 6) is -0.389. The average Bonchev–Trinajstić information content (AvgIpc) is 2.84. The van der Waals surface area contributed by atoms with E-state index in [0.717, 1.165) is 11.4 Å². The number of amides is 3. The van der Waals surface area contributed by atoms with Crippen LogP contribution in [0.4, 0.5) is 11.4 Å². The first kappa shape index (κ1) is 23.0. The number of piperidine rings is 1. The molecule has 3 rings (SSSR count). The van der Waals surface area contributed by atoms with Crippen LogP contribution in [0.25, 0.3) is 0 Å². The summed E-state index contributed by atoms with van der Waals surface area (Å²) in [6, 6.07) is 20.6. The van der Waals surface area contributed by atoms with Gasteiger partial charge in [0.05, 0.1) is 12.5 Å². The normalized spacial score (nSPS) is 13.8. The number of carbonyl (C=O) groups is 3. The largest absolute Gasteiger partial charge is 0.343 e. The Bertz CT molecular complexity index is 948. The third-order valence-electron chi connectivity index (χ3n) is 5.63. The highest BCUT2D eigenvalue weighted by Crippen LogP contribution is 2.21. The van der Waals surface area contributed by atoms with Crippen molar-refractivity contribution in [3.63, 3.8) is 0 Å². The van der Waals surface area contributed by atoms with Gasteiger partial charge in [0.25, 0.3) is 0 Å². The minimum Gasteiger partial charge on any atom is -0.343 e. The number of nitriles is 1. The van der Waals surface area contributed by atoms with Gasteiger partial charge in [0, 0.05) is 49.8 Å². The summed E-state index contributed by atoms with van der Waals surface area (Å²) in [5, 5.41) is 11.8. The first-order chi connectivity index (χ1) is 15.6. The topological polar surface area (TPSA) is 93.5 Å². The van der Waals surface area contributed by atoms with E-state index < -0.39 is 0 Å². The second-order valence-corrected chi connectivity index (χ2v) is 7.80. The van der Waals surface area contributed by atoms with Crippen LogP contribution in [0, 0.1) is 17.2 Å². The molecule has 0 atom stereocenters. The summed E-state index contributed by atoms with van der Waals surface area (Å²) in [6.45, 7) is 1.32. The van der Waals surface area contributed by atoms with Crippen LogP contribution in [0.2, 0.25) is 0 Å². The van der Waals surface area contributed by atoms with Gasteiger partial charge in [0.2, 0.25) is 17.7 Å². The first-order valence-electron chi connectivity index (χ1n) is 10.9. The van der Waals surface area contributed by atoms with E-state index in [-0.39, 0.29) is 42.9 Å². The van der Waals surface area contributed by atoms with E-state index in [0.29, 0.717) is 32.5 Å². The zero-order valence-corrected chi connectivity index (χ0v) is 18.1. The molecule has 0 aromatic heterocycles. The molecule has 0 unspecified atom stereocenters. The number of rotatable bonds is 8. The Kier molecular flexibility index (Phi) is 8.38. The van der Waals surface area contributed by atoms with Crippen molar-refractivity contribution in [1.82, 2.24) is 4.90 Å². The summed E-state index contributed by atoms with van der Waals surface area (Å²) in [6.07, 6.45) is 1.66. The van der Waals surface area contributed by atoms with Gasteiger partial charge in [0.15, 0.2) is 0 Å². The molecule has 0 bridgehead atoms. The van der Waals surface area contributed by atoms with Crippen molar-refractivity contribution in [3.8, 4) is 6.07 Å². The fourth-order valence-electron chi connectivity index (χ4n) is 3.83. The van der Waals surface area contributed by atoms with Crippen molar-refractivity contribution in [2.45, 2.75) is 32.1 Å². The molecule has 7 nitrogen and oxygen atoms in total. The number of hydrogen-bond acceptors (Lipinski definition) is 4. The van der Waals surface area contributed by atoms with Crippen molar-refractivity contribution >= 4 is 29.1 Å². The minimum atomic E-state index is -0.170. The van der Waals surface area contributed by atoms with Gasteiger partial charge < -0.3 is 15.1 Å². The highest BCUT2D eigenvalue weighted by atomic mass is 16.2. The van der Waals surface area contributed by atoms with Gasteiger partial charge in [-0.25, -0.2) is 0 Å². The second kappa shape index (κ2) is 11.7. The molecule has 1 heterocycles. The van der Waals surface area contributed by atoms with E-state index in [1.54, 1.807) is 9.80 Å². The Morgan fingerprint density at radius 1 is 0.969 bits per heavy atom. The number of hydrogen-bond donors (Lipinski definition) is 1. The van der Waals surface area contributed by atoms with E-state index in [1.165, 1.54) is 0 Å². The van der Waals surface area contributed by atoms with Gasteiger partial charge in [-0.05, 0) is 37.1 Å². The van der Waals surface area contributed by atoms with Crippen molar-refractivity contribution in [1.29, 1.82) is 5.26 Å². The highest BCUT2D eigenvalue weighted by Gasteiger charge is 2.28. The molecule has 0 radical (unpaired) electrons. The lowest BCUT2D eigenvalue weighted by atomic mass is 9.95. The fourth-order valence-corrected chi connectivity index (χ4v) is 3.83. The summed E-state index contributed by atoms with van der Waals surface area (Å²) in [7, 11) is 0. The average molecular weight is 433 g/mol. The monoisotopic (exact) mass is 432 g/mol. The van der Waals surface area contributed by atoms with Crippen LogP contribution in [0.1, 0.15) is 32.1 Å². The molecular formula is C25H28N4O3. The Labute approximate surface area is 188 Å². The molecule has 0 aliphatic carbocycles. The standard InChI is InChI=1S/C25H28N4O3/c26-16-7-17-29(22-10-5-2-6-11-22)24(31)13-12-23(30)28-18-14-20(15-19-28)25(32)27-21-8-3-1-4-9-21/h1-6,8-11,20H,7,12-15,17-19H2,(H,27,32). The fraction of sp³-hybridized carbons (Fsp3) is 0.360. The van der Waals surface area contributed by atoms with Crippen LogP contribution in [0.3, 0.4) is 0 Å². The maximum atomic E-state index is 12.7. The van der Waals surface area contributed by atoms with Crippen LogP contribution in [0.5, 0.6) is 0 Å². The molecule has 0 spiro atoms. The molecule has 1 N–H and O–H groups in total. The summed E-state index contributed by atoms with van der Waals surface area (Å²) >= 11 is 0. The van der Waals surface area contributed by atoms with Crippen molar-refractivity contribution < 1.29 is 14.4 Å². The Hall–Kier alpha value is -3.66. The van der Waals surface area contributed by atoms with Crippen molar-refractivity contribution in [2.24, 2.45) is 5.92 Å². The molecule has 7 heteroatoms. The zero-order valence-electron chi connectivity index (χ0n) is 18.1. The smallest absolute Gasteiger partial charge is 0.227 e. The first-order valence-corrected chi connectivity index (χ1v) is 10.9. The van der Waals surface area contributed by atoms with E-state index in [1.807, 2.05) is 60.7 Å². The molecule has 0 saturated carbocycles. The predicted octanol–water partition coefficient (Wildman–Crippen LogP) is 3.59. The van der Waals surface area contributed by atoms with Crippen LogP contribution in [-0.4, -0.2) is 42.3 Å². The lowest BCUT2D eigenvalue weighted by Crippen LogP contribution is -2.42. The van der Waals surface area contributed by atoms with E-state index in [2.05, 4.69) is 11.4 Å². The van der Waals surface area contributed by atoms with Gasteiger partial charge in [-0.15, -0.1) is 0 Å². The van der Waals surface area contributed by atoms with Crippen LogP contribution in [0.15, 0.2) is 60.7 Å². The number of nitrogens with zero attached hydrogens (tertiary/aromatic N) is 3. The summed E-state index contributed by atoms with van der Waals surface area (Å²) in [5.41, 5.74) is 1.50. The number of nitrogens with one attached hydrogen (secondary N) is 1. The molecule has 166 valence electrons. The van der Waals surface area contributed by atoms with Crippen LogP contribution < -0.4 is 10.2 Å². The van der Waals surface area contributed by atoms with Gasteiger partial charge in [-0.1, -0.05) is 36.4 Å². The number of carbonyl (C=O) groups excluding carboxylic acids is 3. The molecule has 1 aliphatic heterocycles. The minimum absolute atomic E-state index is 0.0190. The quantitative estimate of drug-likeness (QED) is 0.690. The molecule has 1 fully saturated rings. The number of anilines is 2. The third kappa shape index (κ3) is 6.42. The molecule has 3 amide bonds. The van der Waals surface area contributed by atoms with E-state index >= 15 is 0 Å². The van der Waals surface area contributed by atoms with Gasteiger partial charge in [-0.3, -0.25) is 14.4 Å². The molecular weight excluding hydrogens is 404 g/mol. The maximum absolute atomic E-state index is 12.7. The molecule has 1 saturated heterocycles. The number of likely N-dealkylation sites (tertiary alicyclic amines) is 1. The zero-order chi connectivity index (χ0) is 22.8.